The molecule has 0 atom stereocenters. The molecular formula is C24H20O. The van der Waals surface area contributed by atoms with E-state index >= 15 is 0 Å². The summed E-state index contributed by atoms with van der Waals surface area (Å²) in [4.78, 5) is 9.81. The van der Waals surface area contributed by atoms with E-state index in [0.29, 0.717) is 6.42 Å². The number of hydrogen-bond donors (Lipinski definition) is 0. The first-order valence-corrected chi connectivity index (χ1v) is 8.74. The third kappa shape index (κ3) is 2.53. The molecule has 25 heavy (non-hydrogen) atoms. The fourth-order valence-electron chi connectivity index (χ4n) is 3.58. The summed E-state index contributed by atoms with van der Waals surface area (Å²) in [5.41, 5.74) is 0. The quantitative estimate of drug-likeness (QED) is 0.247. The number of benzene rings is 5. The lowest BCUT2D eigenvalue weighted by Crippen LogP contribution is -1.85. The van der Waals surface area contributed by atoms with Gasteiger partial charge in [-0.2, -0.15) is 0 Å². The Bertz CT molecular complexity index is 1030. The van der Waals surface area contributed by atoms with Gasteiger partial charge in [0.2, 0.25) is 0 Å². The average molecular weight is 324 g/mol. The Morgan fingerprint density at radius 3 is 1.16 bits per heavy atom. The van der Waals surface area contributed by atoms with Crippen molar-refractivity contribution in [2.75, 3.05) is 0 Å². The van der Waals surface area contributed by atoms with Crippen molar-refractivity contribution >= 4 is 48.9 Å². The molecule has 0 aliphatic carbocycles. The van der Waals surface area contributed by atoms with Crippen LogP contribution in [0.15, 0.2) is 72.8 Å². The van der Waals surface area contributed by atoms with E-state index in [1.807, 2.05) is 6.92 Å². The van der Waals surface area contributed by atoms with Crippen molar-refractivity contribution in [1.82, 2.24) is 0 Å². The predicted molar refractivity (Wildman–Crippen MR) is 109 cm³/mol. The van der Waals surface area contributed by atoms with Crippen molar-refractivity contribution in [3.05, 3.63) is 72.8 Å². The van der Waals surface area contributed by atoms with Crippen LogP contribution in [0.3, 0.4) is 0 Å². The van der Waals surface area contributed by atoms with Crippen LogP contribution < -0.4 is 0 Å². The topological polar surface area (TPSA) is 17.1 Å². The number of ketones is 1. The molecule has 0 saturated carbocycles. The van der Waals surface area contributed by atoms with Crippen LogP contribution in [0.2, 0.25) is 0 Å². The van der Waals surface area contributed by atoms with Crippen molar-refractivity contribution in [1.29, 1.82) is 0 Å². The van der Waals surface area contributed by atoms with Gasteiger partial charge < -0.3 is 4.79 Å². The summed E-state index contributed by atoms with van der Waals surface area (Å²) in [6.45, 7) is 3.43. The normalized spacial score (nSPS) is 11.1. The average Bonchev–Trinajstić information content (AvgIpc) is 2.66. The van der Waals surface area contributed by atoms with Crippen LogP contribution in [0, 0.1) is 0 Å². The lowest BCUT2D eigenvalue weighted by Gasteiger charge is -2.13. The molecule has 5 rings (SSSR count). The van der Waals surface area contributed by atoms with Gasteiger partial charge in [0, 0.05) is 6.42 Å². The number of fused-ring (bicyclic) bond motifs is 2. The lowest BCUT2D eigenvalue weighted by atomic mass is 9.90. The minimum atomic E-state index is 0.255. The van der Waals surface area contributed by atoms with Gasteiger partial charge in [-0.15, -0.1) is 0 Å². The Hall–Kier alpha value is -2.93. The SMILES string of the molecule is CCC(C)=O.c1cc2cccc3c4cccc5cccc(c(c1)c23)c54. The second kappa shape index (κ2) is 6.18. The van der Waals surface area contributed by atoms with Crippen LogP contribution >= 0.6 is 0 Å². The van der Waals surface area contributed by atoms with Gasteiger partial charge in [-0.25, -0.2) is 0 Å². The zero-order chi connectivity index (χ0) is 17.4. The Kier molecular flexibility index (Phi) is 3.85. The van der Waals surface area contributed by atoms with E-state index in [1.54, 1.807) is 6.92 Å². The van der Waals surface area contributed by atoms with Crippen molar-refractivity contribution in [3.8, 4) is 0 Å². The molecule has 1 heteroatoms. The van der Waals surface area contributed by atoms with Crippen LogP contribution in [0.4, 0.5) is 0 Å². The van der Waals surface area contributed by atoms with E-state index in [9.17, 15) is 4.79 Å². The molecule has 0 unspecified atom stereocenters. The Labute approximate surface area is 147 Å². The monoisotopic (exact) mass is 324 g/mol. The van der Waals surface area contributed by atoms with Crippen molar-refractivity contribution in [2.24, 2.45) is 0 Å². The minimum absolute atomic E-state index is 0.255. The van der Waals surface area contributed by atoms with Crippen molar-refractivity contribution < 1.29 is 4.79 Å². The molecule has 5 aromatic rings. The van der Waals surface area contributed by atoms with Crippen LogP contribution in [-0.4, -0.2) is 5.78 Å². The van der Waals surface area contributed by atoms with Gasteiger partial charge in [0.25, 0.3) is 0 Å². The number of hydrogen-bond acceptors (Lipinski definition) is 1. The molecule has 0 spiro atoms. The third-order valence-corrected chi connectivity index (χ3v) is 4.89. The summed E-state index contributed by atoms with van der Waals surface area (Å²) in [6, 6.07) is 26.4. The summed E-state index contributed by atoms with van der Waals surface area (Å²) in [6.07, 6.45) is 0.667. The van der Waals surface area contributed by atoms with Crippen LogP contribution in [0.1, 0.15) is 20.3 Å². The van der Waals surface area contributed by atoms with E-state index in [-0.39, 0.29) is 5.78 Å². The molecule has 0 radical (unpaired) electrons. The molecule has 0 bridgehead atoms. The molecule has 0 heterocycles. The van der Waals surface area contributed by atoms with Crippen LogP contribution in [-0.2, 0) is 4.79 Å². The highest BCUT2D eigenvalue weighted by Gasteiger charge is 2.11. The lowest BCUT2D eigenvalue weighted by molar-refractivity contribution is -0.116. The molecule has 0 saturated heterocycles. The Morgan fingerprint density at radius 1 is 0.640 bits per heavy atom. The van der Waals surface area contributed by atoms with Gasteiger partial charge in [0.05, 0.1) is 0 Å². The summed E-state index contributed by atoms with van der Waals surface area (Å²) in [5.74, 6) is 0.255. The fraction of sp³-hybridized carbons (Fsp3) is 0.125. The predicted octanol–water partition coefficient (Wildman–Crippen LogP) is 6.72. The summed E-state index contributed by atoms with van der Waals surface area (Å²) in [7, 11) is 0. The summed E-state index contributed by atoms with van der Waals surface area (Å²) in [5, 5.41) is 10.9. The van der Waals surface area contributed by atoms with Crippen molar-refractivity contribution in [3.63, 3.8) is 0 Å². The standard InChI is InChI=1S/C20H12.C4H8O/c1-5-13-6-2-11-17-18-12-4-8-14-7-3-10-16(20(14)18)15(9-1)19(13)17;1-3-4(2)5/h1-12H;3H2,1-2H3. The molecule has 0 fully saturated rings. The van der Waals surface area contributed by atoms with Gasteiger partial charge in [-0.1, -0.05) is 79.7 Å². The van der Waals surface area contributed by atoms with E-state index in [4.69, 9.17) is 0 Å². The molecule has 1 nitrogen and oxygen atoms in total. The maximum absolute atomic E-state index is 9.81. The molecule has 0 aromatic heterocycles. The van der Waals surface area contributed by atoms with E-state index in [0.717, 1.165) is 0 Å². The molecular weight excluding hydrogens is 304 g/mol. The highest BCUT2D eigenvalue weighted by Crippen LogP contribution is 2.39. The maximum Gasteiger partial charge on any atom is 0.129 e. The molecule has 0 aliphatic heterocycles. The third-order valence-electron chi connectivity index (χ3n) is 4.89. The van der Waals surface area contributed by atoms with E-state index in [1.165, 1.54) is 43.1 Å². The van der Waals surface area contributed by atoms with Gasteiger partial charge in [0.1, 0.15) is 5.78 Å². The number of rotatable bonds is 1. The smallest absolute Gasteiger partial charge is 0.129 e. The second-order valence-corrected chi connectivity index (χ2v) is 6.47. The largest absolute Gasteiger partial charge is 0.300 e. The minimum Gasteiger partial charge on any atom is -0.300 e. The van der Waals surface area contributed by atoms with E-state index < -0.39 is 0 Å². The highest BCUT2D eigenvalue weighted by atomic mass is 16.1. The number of carbonyl (C=O) groups excluding carboxylic acids is 1. The summed E-state index contributed by atoms with van der Waals surface area (Å²) >= 11 is 0. The van der Waals surface area contributed by atoms with Gasteiger partial charge in [-0.3, -0.25) is 0 Å². The molecule has 0 amide bonds. The van der Waals surface area contributed by atoms with Gasteiger partial charge in [0.15, 0.2) is 0 Å². The maximum atomic E-state index is 9.81. The molecule has 0 aliphatic rings. The summed E-state index contributed by atoms with van der Waals surface area (Å²) < 4.78 is 0. The molecule has 5 aromatic carbocycles. The fourth-order valence-corrected chi connectivity index (χ4v) is 3.58. The van der Waals surface area contributed by atoms with Gasteiger partial charge in [-0.05, 0) is 50.0 Å². The van der Waals surface area contributed by atoms with Crippen molar-refractivity contribution in [2.45, 2.75) is 20.3 Å². The number of Topliss-reactive ketones (excluding diaryl/α,β-unsaturated/α-hetero) is 1. The molecule has 0 N–H and O–H groups in total. The first-order valence-electron chi connectivity index (χ1n) is 8.74. The van der Waals surface area contributed by atoms with Crippen LogP contribution in [0.25, 0.3) is 43.1 Å². The number of carbonyl (C=O) groups is 1. The van der Waals surface area contributed by atoms with Crippen LogP contribution in [0.5, 0.6) is 0 Å². The van der Waals surface area contributed by atoms with Gasteiger partial charge >= 0.3 is 0 Å². The zero-order valence-electron chi connectivity index (χ0n) is 14.5. The highest BCUT2D eigenvalue weighted by molar-refractivity contribution is 6.32. The van der Waals surface area contributed by atoms with E-state index in [2.05, 4.69) is 72.8 Å². The first kappa shape index (κ1) is 15.6. The molecule has 122 valence electrons. The first-order chi connectivity index (χ1) is 12.2. The second-order valence-electron chi connectivity index (χ2n) is 6.47. The Balaban J connectivity index is 0.000000280. The zero-order valence-corrected chi connectivity index (χ0v) is 14.5. The Morgan fingerprint density at radius 2 is 0.920 bits per heavy atom.